The van der Waals surface area contributed by atoms with Crippen molar-refractivity contribution < 1.29 is 13.6 Å². The van der Waals surface area contributed by atoms with Gasteiger partial charge in [-0.05, 0) is 94.0 Å². The van der Waals surface area contributed by atoms with Gasteiger partial charge in [-0.15, -0.1) is 0 Å². The summed E-state index contributed by atoms with van der Waals surface area (Å²) in [5, 5.41) is 0.289. The number of benzene rings is 1. The number of allylic oxidation sites excluding steroid dienone is 1. The monoisotopic (exact) mass is 558 g/mol. The molecule has 0 N–H and O–H groups in total. The number of ether oxygens (including phenoxy) is 1. The maximum absolute atomic E-state index is 7.20. The summed E-state index contributed by atoms with van der Waals surface area (Å²) in [5.41, 5.74) is 3.67. The van der Waals surface area contributed by atoms with E-state index >= 15 is 0 Å². The van der Waals surface area contributed by atoms with Gasteiger partial charge in [0.05, 0.1) is 6.10 Å². The highest BCUT2D eigenvalue weighted by atomic mass is 28.4. The number of hydrogen-bond acceptors (Lipinski definition) is 3. The van der Waals surface area contributed by atoms with Gasteiger partial charge in [0, 0.05) is 17.4 Å². The summed E-state index contributed by atoms with van der Waals surface area (Å²) in [5.74, 6) is 2.54. The summed E-state index contributed by atoms with van der Waals surface area (Å²) < 4.78 is 21.3. The molecule has 0 aromatic heterocycles. The fourth-order valence-corrected chi connectivity index (χ4v) is 7.99. The summed E-state index contributed by atoms with van der Waals surface area (Å²) in [4.78, 5) is 0. The predicted molar refractivity (Wildman–Crippen MR) is 169 cm³/mol. The van der Waals surface area contributed by atoms with E-state index in [-0.39, 0.29) is 33.6 Å². The molecule has 0 saturated heterocycles. The number of fused-ring (bicyclic) bond motifs is 3. The van der Waals surface area contributed by atoms with Gasteiger partial charge in [-0.1, -0.05) is 73.0 Å². The second-order valence-electron chi connectivity index (χ2n) is 15.7. The molecule has 1 heterocycles. The number of aryl methyl sites for hydroxylation is 1. The van der Waals surface area contributed by atoms with E-state index in [1.165, 1.54) is 36.0 Å². The molecule has 1 aliphatic heterocycles. The lowest BCUT2D eigenvalue weighted by molar-refractivity contribution is -0.0483. The molecule has 2 aliphatic rings. The highest BCUT2D eigenvalue weighted by Crippen LogP contribution is 2.56. The van der Waals surface area contributed by atoms with Crippen LogP contribution >= 0.6 is 0 Å². The topological polar surface area (TPSA) is 27.7 Å². The van der Waals surface area contributed by atoms with E-state index in [9.17, 15) is 0 Å². The van der Waals surface area contributed by atoms with E-state index in [0.717, 1.165) is 24.3 Å². The zero-order valence-electron chi connectivity index (χ0n) is 27.2. The Balaban J connectivity index is 2.17. The molecule has 1 aromatic rings. The molecule has 0 fully saturated rings. The first-order chi connectivity index (χ1) is 17.2. The van der Waals surface area contributed by atoms with Crippen LogP contribution in [0.3, 0.4) is 0 Å². The minimum absolute atomic E-state index is 0.124. The van der Waals surface area contributed by atoms with Crippen molar-refractivity contribution in [3.8, 4) is 11.5 Å². The summed E-state index contributed by atoms with van der Waals surface area (Å²) in [6, 6.07) is 4.68. The summed E-state index contributed by atoms with van der Waals surface area (Å²) >= 11 is 0. The average molecular weight is 559 g/mol. The van der Waals surface area contributed by atoms with Gasteiger partial charge in [0.2, 0.25) is 8.32 Å². The lowest BCUT2D eigenvalue weighted by Gasteiger charge is -2.52. The SMILES string of the molecule is CCCCCc1cc2c(c(O[Si](C)(C)C(C)(C)C)c1)[C@@H]1C=C(C)CC(O[Si](C)(C)C(C)(C)C)[C@H]1C(C)(C)O2. The Kier molecular flexibility index (Phi) is 8.90. The Morgan fingerprint density at radius 2 is 1.55 bits per heavy atom. The number of rotatable bonds is 8. The fourth-order valence-electron chi connectivity index (χ4n) is 5.62. The molecule has 5 heteroatoms. The number of unbranched alkanes of at least 4 members (excludes halogenated alkanes) is 2. The van der Waals surface area contributed by atoms with Gasteiger partial charge in [0.15, 0.2) is 8.32 Å². The number of hydrogen-bond donors (Lipinski definition) is 0. The van der Waals surface area contributed by atoms with Crippen LogP contribution < -0.4 is 9.16 Å². The van der Waals surface area contributed by atoms with Gasteiger partial charge in [0.1, 0.15) is 17.1 Å². The predicted octanol–water partition coefficient (Wildman–Crippen LogP) is 10.4. The smallest absolute Gasteiger partial charge is 0.250 e. The first kappa shape index (κ1) is 31.5. The molecule has 0 radical (unpaired) electrons. The lowest BCUT2D eigenvalue weighted by Crippen LogP contribution is -2.56. The van der Waals surface area contributed by atoms with Crippen molar-refractivity contribution in [2.45, 2.75) is 155 Å². The summed E-state index contributed by atoms with van der Waals surface area (Å²) in [7, 11) is -4.02. The van der Waals surface area contributed by atoms with E-state index in [4.69, 9.17) is 13.6 Å². The molecule has 216 valence electrons. The highest BCUT2D eigenvalue weighted by molar-refractivity contribution is 6.75. The first-order valence-electron chi connectivity index (χ1n) is 15.1. The Morgan fingerprint density at radius 1 is 0.947 bits per heavy atom. The summed E-state index contributed by atoms with van der Waals surface area (Å²) in [6.07, 6.45) is 8.37. The van der Waals surface area contributed by atoms with Crippen LogP contribution in [0.25, 0.3) is 0 Å². The largest absolute Gasteiger partial charge is 0.543 e. The molecule has 38 heavy (non-hydrogen) atoms. The fraction of sp³-hybridized carbons (Fsp3) is 0.758. The first-order valence-corrected chi connectivity index (χ1v) is 20.9. The van der Waals surface area contributed by atoms with E-state index in [1.807, 2.05) is 0 Å². The highest BCUT2D eigenvalue weighted by Gasteiger charge is 2.53. The average Bonchev–Trinajstić information content (AvgIpc) is 2.70. The second kappa shape index (κ2) is 10.7. The lowest BCUT2D eigenvalue weighted by atomic mass is 9.66. The van der Waals surface area contributed by atoms with E-state index < -0.39 is 16.6 Å². The van der Waals surface area contributed by atoms with Gasteiger partial charge < -0.3 is 13.6 Å². The van der Waals surface area contributed by atoms with Crippen LogP contribution in [0, 0.1) is 5.92 Å². The van der Waals surface area contributed by atoms with Crippen LogP contribution in [0.2, 0.25) is 36.3 Å². The van der Waals surface area contributed by atoms with Crippen molar-refractivity contribution in [2.75, 3.05) is 0 Å². The zero-order valence-corrected chi connectivity index (χ0v) is 29.2. The van der Waals surface area contributed by atoms with Crippen molar-refractivity contribution in [3.63, 3.8) is 0 Å². The maximum atomic E-state index is 7.20. The molecular formula is C33H58O3Si2. The van der Waals surface area contributed by atoms with Crippen LogP contribution in [0.4, 0.5) is 0 Å². The van der Waals surface area contributed by atoms with Crippen molar-refractivity contribution in [2.24, 2.45) is 5.92 Å². The molecule has 1 unspecified atom stereocenters. The summed E-state index contributed by atoms with van der Waals surface area (Å²) in [6.45, 7) is 32.6. The molecule has 0 amide bonds. The van der Waals surface area contributed by atoms with Gasteiger partial charge >= 0.3 is 0 Å². The normalized spacial score (nSPS) is 23.7. The molecule has 1 aromatic carbocycles. The third kappa shape index (κ3) is 6.46. The van der Waals surface area contributed by atoms with Crippen molar-refractivity contribution >= 4 is 16.6 Å². The van der Waals surface area contributed by atoms with Gasteiger partial charge in [-0.2, -0.15) is 0 Å². The zero-order chi connectivity index (χ0) is 28.9. The van der Waals surface area contributed by atoms with E-state index in [1.54, 1.807) is 0 Å². The van der Waals surface area contributed by atoms with Gasteiger partial charge in [-0.3, -0.25) is 0 Å². The minimum atomic E-state index is -2.06. The van der Waals surface area contributed by atoms with Crippen LogP contribution in [0.15, 0.2) is 23.8 Å². The standard InChI is InChI=1S/C33H58O3Si2/c1-15-16-17-18-24-21-26-29(27(22-24)35-37(11,12)31(3,4)5)25-19-23(2)20-28(30(25)33(9,10)34-26)36-38(13,14)32(6,7)8/h19,21-22,25,28,30H,15-18,20H2,1-14H3/t25-,28?,30-/m0/s1. The van der Waals surface area contributed by atoms with Crippen molar-refractivity contribution in [3.05, 3.63) is 34.9 Å². The van der Waals surface area contributed by atoms with Crippen LogP contribution in [-0.2, 0) is 10.8 Å². The molecule has 3 rings (SSSR count). The minimum Gasteiger partial charge on any atom is -0.543 e. The van der Waals surface area contributed by atoms with Crippen molar-refractivity contribution in [1.82, 2.24) is 0 Å². The molecule has 3 atom stereocenters. The third-order valence-electron chi connectivity index (χ3n) is 9.94. The molecule has 0 bridgehead atoms. The van der Waals surface area contributed by atoms with Crippen molar-refractivity contribution in [1.29, 1.82) is 0 Å². The second-order valence-corrected chi connectivity index (χ2v) is 25.2. The quantitative estimate of drug-likeness (QED) is 0.180. The Labute approximate surface area is 237 Å². The third-order valence-corrected chi connectivity index (χ3v) is 18.8. The van der Waals surface area contributed by atoms with E-state index in [2.05, 4.69) is 114 Å². The van der Waals surface area contributed by atoms with Crippen LogP contribution in [0.5, 0.6) is 11.5 Å². The molecular weight excluding hydrogens is 501 g/mol. The molecule has 0 saturated carbocycles. The molecule has 1 aliphatic carbocycles. The van der Waals surface area contributed by atoms with Crippen LogP contribution in [-0.4, -0.2) is 28.3 Å². The van der Waals surface area contributed by atoms with Gasteiger partial charge in [0.25, 0.3) is 0 Å². The molecule has 3 nitrogen and oxygen atoms in total. The van der Waals surface area contributed by atoms with Gasteiger partial charge in [-0.25, -0.2) is 0 Å². The Hall–Kier alpha value is -1.05. The maximum Gasteiger partial charge on any atom is 0.250 e. The Morgan fingerprint density at radius 3 is 2.11 bits per heavy atom. The van der Waals surface area contributed by atoms with Crippen LogP contribution in [0.1, 0.15) is 112 Å². The molecule has 0 spiro atoms. The van der Waals surface area contributed by atoms with E-state index in [0.29, 0.717) is 0 Å². The Bertz CT molecular complexity index is 1020.